The number of esters is 1. The van der Waals surface area contributed by atoms with Crippen molar-refractivity contribution in [3.63, 3.8) is 0 Å². The molecule has 1 aliphatic heterocycles. The first kappa shape index (κ1) is 22.9. The molecule has 5 rings (SSSR count). The van der Waals surface area contributed by atoms with Gasteiger partial charge in [-0.05, 0) is 80.0 Å². The third-order valence-electron chi connectivity index (χ3n) is 6.88. The molecule has 0 bridgehead atoms. The predicted molar refractivity (Wildman–Crippen MR) is 135 cm³/mol. The molecule has 3 heterocycles. The number of carbonyl (C=O) groups is 2. The number of nitrogens with zero attached hydrogens (tertiary/aromatic N) is 1. The van der Waals surface area contributed by atoms with Gasteiger partial charge in [-0.3, -0.25) is 5.32 Å². The molecule has 3 aliphatic rings. The average molecular weight is 481 g/mol. The zero-order valence-corrected chi connectivity index (χ0v) is 20.5. The number of carbonyl (C=O) groups excluding carboxylic acids is 2. The molecule has 0 fully saturated rings. The van der Waals surface area contributed by atoms with Gasteiger partial charge in [0.2, 0.25) is 0 Å². The van der Waals surface area contributed by atoms with E-state index in [1.54, 1.807) is 0 Å². The predicted octanol–water partition coefficient (Wildman–Crippen LogP) is 4.72. The number of hydrogen-bond acceptors (Lipinski definition) is 5. The molecule has 8 heteroatoms. The number of thiophene rings is 1. The van der Waals surface area contributed by atoms with Gasteiger partial charge in [-0.25, -0.2) is 9.59 Å². The maximum atomic E-state index is 13.0. The van der Waals surface area contributed by atoms with Gasteiger partial charge in [0.25, 0.3) is 0 Å². The van der Waals surface area contributed by atoms with Crippen LogP contribution in [0.3, 0.4) is 0 Å². The van der Waals surface area contributed by atoms with Crippen molar-refractivity contribution in [2.45, 2.75) is 51.9 Å². The van der Waals surface area contributed by atoms with E-state index in [4.69, 9.17) is 4.74 Å². The first-order valence-corrected chi connectivity index (χ1v) is 13.1. The Labute approximate surface area is 204 Å². The average Bonchev–Trinajstić information content (AvgIpc) is 3.52. The second kappa shape index (κ2) is 10.2. The maximum absolute atomic E-state index is 13.0. The fraction of sp³-hybridized carbons (Fsp3) is 0.462. The van der Waals surface area contributed by atoms with Crippen molar-refractivity contribution in [3.8, 4) is 0 Å². The number of aryl methyl sites for hydroxylation is 1. The molecule has 180 valence electrons. The first-order valence-electron chi connectivity index (χ1n) is 12.3. The summed E-state index contributed by atoms with van der Waals surface area (Å²) in [4.78, 5) is 27.0. The summed E-state index contributed by atoms with van der Waals surface area (Å²) in [6, 6.07) is 3.76. The molecule has 0 aromatic carbocycles. The summed E-state index contributed by atoms with van der Waals surface area (Å²) in [6.07, 6.45) is 11.2. The number of fused-ring (bicyclic) bond motifs is 1. The van der Waals surface area contributed by atoms with Crippen LogP contribution in [0.25, 0.3) is 5.70 Å². The first-order chi connectivity index (χ1) is 16.7. The molecule has 2 aliphatic carbocycles. The zero-order valence-electron chi connectivity index (χ0n) is 19.7. The molecular weight excluding hydrogens is 448 g/mol. The van der Waals surface area contributed by atoms with Gasteiger partial charge >= 0.3 is 12.0 Å². The summed E-state index contributed by atoms with van der Waals surface area (Å²) in [6.45, 7) is 4.44. The molecule has 2 aromatic rings. The van der Waals surface area contributed by atoms with Crippen molar-refractivity contribution in [2.24, 2.45) is 0 Å². The fourth-order valence-corrected chi connectivity index (χ4v) is 6.56. The van der Waals surface area contributed by atoms with Crippen molar-refractivity contribution in [2.75, 3.05) is 31.6 Å². The summed E-state index contributed by atoms with van der Waals surface area (Å²) in [5.41, 5.74) is 6.84. The third-order valence-corrected chi connectivity index (χ3v) is 8.09. The highest BCUT2D eigenvalue weighted by atomic mass is 32.1. The highest BCUT2D eigenvalue weighted by Gasteiger charge is 2.29. The number of ether oxygens (including phenoxy) is 1. The van der Waals surface area contributed by atoms with Crippen LogP contribution in [0.15, 0.2) is 41.2 Å². The lowest BCUT2D eigenvalue weighted by molar-refractivity contribution is 0.0527. The summed E-state index contributed by atoms with van der Waals surface area (Å²) >= 11 is 1.53. The third kappa shape index (κ3) is 4.57. The molecule has 2 amide bonds. The molecule has 7 nitrogen and oxygen atoms in total. The number of aromatic nitrogens is 1. The molecule has 34 heavy (non-hydrogen) atoms. The van der Waals surface area contributed by atoms with E-state index in [0.29, 0.717) is 23.7 Å². The lowest BCUT2D eigenvalue weighted by atomic mass is 9.99. The van der Waals surface area contributed by atoms with E-state index in [1.807, 2.05) is 19.1 Å². The Balaban J connectivity index is 1.35. The van der Waals surface area contributed by atoms with Crippen LogP contribution >= 0.6 is 11.3 Å². The van der Waals surface area contributed by atoms with Gasteiger partial charge in [0, 0.05) is 42.5 Å². The maximum Gasteiger partial charge on any atom is 0.341 e. The van der Waals surface area contributed by atoms with Crippen molar-refractivity contribution in [3.05, 3.63) is 57.2 Å². The molecular formula is C26H32N4O3S. The number of anilines is 1. The van der Waals surface area contributed by atoms with Crippen LogP contribution in [0, 0.1) is 0 Å². The van der Waals surface area contributed by atoms with Gasteiger partial charge in [-0.1, -0.05) is 6.42 Å². The van der Waals surface area contributed by atoms with Gasteiger partial charge in [0.15, 0.2) is 0 Å². The van der Waals surface area contributed by atoms with E-state index < -0.39 is 0 Å². The molecule has 2 aromatic heterocycles. The molecule has 3 N–H and O–H groups in total. The lowest BCUT2D eigenvalue weighted by Gasteiger charge is -2.18. The number of nitrogens with one attached hydrogen (secondary N) is 3. The van der Waals surface area contributed by atoms with Gasteiger partial charge in [0.1, 0.15) is 5.00 Å². The van der Waals surface area contributed by atoms with Crippen LogP contribution in [0.4, 0.5) is 9.80 Å². The minimum absolute atomic E-state index is 0.288. The molecule has 0 saturated heterocycles. The molecule has 0 spiro atoms. The number of allylic oxidation sites excluding steroid dienone is 1. The van der Waals surface area contributed by atoms with Gasteiger partial charge < -0.3 is 19.9 Å². The summed E-state index contributed by atoms with van der Waals surface area (Å²) in [5, 5.41) is 10.1. The van der Waals surface area contributed by atoms with Crippen LogP contribution in [-0.2, 0) is 17.6 Å². The highest BCUT2D eigenvalue weighted by molar-refractivity contribution is 7.17. The molecule has 0 atom stereocenters. The summed E-state index contributed by atoms with van der Waals surface area (Å²) in [7, 11) is 0. The second-order valence-electron chi connectivity index (χ2n) is 9.00. The molecule has 0 radical (unpaired) electrons. The second-order valence-corrected chi connectivity index (χ2v) is 10.1. The number of hydrogen-bond donors (Lipinski definition) is 3. The van der Waals surface area contributed by atoms with E-state index in [9.17, 15) is 9.59 Å². The minimum atomic E-state index is -0.338. The van der Waals surface area contributed by atoms with Gasteiger partial charge in [-0.2, -0.15) is 0 Å². The Bertz CT molecular complexity index is 1140. The Hall–Kier alpha value is -2.84. The minimum Gasteiger partial charge on any atom is -0.462 e. The van der Waals surface area contributed by atoms with E-state index in [2.05, 4.69) is 32.9 Å². The van der Waals surface area contributed by atoms with Gasteiger partial charge in [0.05, 0.1) is 12.2 Å². The monoisotopic (exact) mass is 480 g/mol. The summed E-state index contributed by atoms with van der Waals surface area (Å²) < 4.78 is 7.50. The van der Waals surface area contributed by atoms with Crippen LogP contribution in [0.1, 0.15) is 59.8 Å². The Morgan fingerprint density at radius 3 is 2.79 bits per heavy atom. The normalized spacial score (nSPS) is 17.8. The molecule has 0 saturated carbocycles. The topological polar surface area (TPSA) is 84.4 Å². The number of amides is 2. The highest BCUT2D eigenvalue weighted by Crippen LogP contribution is 2.39. The van der Waals surface area contributed by atoms with E-state index >= 15 is 0 Å². The Morgan fingerprint density at radius 1 is 1.15 bits per heavy atom. The van der Waals surface area contributed by atoms with Gasteiger partial charge in [-0.15, -0.1) is 11.3 Å². The van der Waals surface area contributed by atoms with Crippen molar-refractivity contribution >= 4 is 34.0 Å². The standard InChI is InChI=1S/C26H32N4O3S/c1-2-33-25(31)23-19-8-4-3-5-9-22(19)34-24(23)29-26(32)28-16-20-18-10-11-27-15-17(18)14-21(20)30-12-6-7-13-30/h6-7,12-13,27H,2-5,8-11,14-16H2,1H3,(H2,28,29,32). The van der Waals surface area contributed by atoms with E-state index in [0.717, 1.165) is 57.2 Å². The Kier molecular flexibility index (Phi) is 6.87. The lowest BCUT2D eigenvalue weighted by Crippen LogP contribution is -2.32. The van der Waals surface area contributed by atoms with Crippen LogP contribution < -0.4 is 16.0 Å². The van der Waals surface area contributed by atoms with Crippen LogP contribution in [-0.4, -0.2) is 42.8 Å². The fourth-order valence-electron chi connectivity index (χ4n) is 5.29. The SMILES string of the molecule is CCOC(=O)c1c(NC(=O)NCC2=C(n3cccc3)CC3=C2CCNC3)sc2c1CCCCC2. The summed E-state index contributed by atoms with van der Waals surface area (Å²) in [5.74, 6) is -0.338. The van der Waals surface area contributed by atoms with Crippen molar-refractivity contribution in [1.82, 2.24) is 15.2 Å². The molecule has 0 unspecified atom stereocenters. The number of urea groups is 1. The Morgan fingerprint density at radius 2 is 1.97 bits per heavy atom. The van der Waals surface area contributed by atoms with Crippen LogP contribution in [0.5, 0.6) is 0 Å². The smallest absolute Gasteiger partial charge is 0.341 e. The van der Waals surface area contributed by atoms with E-state index in [-0.39, 0.29) is 12.0 Å². The zero-order chi connectivity index (χ0) is 23.5. The number of rotatable bonds is 6. The van der Waals surface area contributed by atoms with E-state index in [1.165, 1.54) is 45.1 Å². The quantitative estimate of drug-likeness (QED) is 0.413. The van der Waals surface area contributed by atoms with Crippen molar-refractivity contribution < 1.29 is 14.3 Å². The van der Waals surface area contributed by atoms with Crippen molar-refractivity contribution in [1.29, 1.82) is 0 Å². The van der Waals surface area contributed by atoms with Crippen LogP contribution in [0.2, 0.25) is 0 Å². The largest absolute Gasteiger partial charge is 0.462 e.